The molecule has 2 amide bonds. The lowest BCUT2D eigenvalue weighted by atomic mass is 9.82. The lowest BCUT2D eigenvalue weighted by molar-refractivity contribution is 0.158. The molecular weight excluding hydrogens is 264 g/mol. The number of nitrogens with one attached hydrogen (secondary N) is 1. The summed E-state index contributed by atoms with van der Waals surface area (Å²) in [6.07, 6.45) is 0.183. The van der Waals surface area contributed by atoms with Crippen molar-refractivity contribution >= 4 is 6.03 Å². The Labute approximate surface area is 128 Å². The van der Waals surface area contributed by atoms with Gasteiger partial charge in [0, 0.05) is 13.6 Å². The van der Waals surface area contributed by atoms with Crippen LogP contribution in [0.5, 0.6) is 0 Å². The monoisotopic (exact) mass is 292 g/mol. The fraction of sp³-hybridized carbons (Fsp3) is 0.588. The average Bonchev–Trinajstić information content (AvgIpc) is 2.41. The molecule has 0 fully saturated rings. The molecule has 118 valence electrons. The highest BCUT2D eigenvalue weighted by Gasteiger charge is 2.28. The van der Waals surface area contributed by atoms with Crippen LogP contribution in [0.4, 0.5) is 4.79 Å². The number of carbonyl (C=O) groups excluding carboxylic acids is 1. The van der Waals surface area contributed by atoms with Gasteiger partial charge >= 0.3 is 6.03 Å². The average molecular weight is 292 g/mol. The van der Waals surface area contributed by atoms with Crippen molar-refractivity contribution in [3.63, 3.8) is 0 Å². The summed E-state index contributed by atoms with van der Waals surface area (Å²) in [5.74, 6) is 0. The van der Waals surface area contributed by atoms with E-state index in [1.165, 1.54) is 0 Å². The van der Waals surface area contributed by atoms with Crippen LogP contribution in [0.15, 0.2) is 30.3 Å². The molecule has 0 bridgehead atoms. The van der Waals surface area contributed by atoms with Gasteiger partial charge in [-0.15, -0.1) is 0 Å². The van der Waals surface area contributed by atoms with Gasteiger partial charge in [0.1, 0.15) is 0 Å². The molecule has 0 spiro atoms. The minimum absolute atomic E-state index is 0.0554. The highest BCUT2D eigenvalue weighted by Crippen LogP contribution is 2.32. The van der Waals surface area contributed by atoms with Gasteiger partial charge in [-0.2, -0.15) is 0 Å². The minimum atomic E-state index is -0.396. The van der Waals surface area contributed by atoms with E-state index in [1.807, 2.05) is 30.3 Å². The maximum absolute atomic E-state index is 12.3. The van der Waals surface area contributed by atoms with Gasteiger partial charge in [-0.1, -0.05) is 51.1 Å². The lowest BCUT2D eigenvalue weighted by Gasteiger charge is -2.33. The summed E-state index contributed by atoms with van der Waals surface area (Å²) in [5, 5.41) is 12.4. The standard InChI is InChI=1S/C17H28N2O2/c1-13(20)11-12-19(5)16(21)18-15(17(2,3)4)14-9-7-6-8-10-14/h6-10,13,15,20H,11-12H2,1-5H3,(H,18,21). The molecule has 0 aliphatic rings. The van der Waals surface area contributed by atoms with E-state index in [9.17, 15) is 9.90 Å². The largest absolute Gasteiger partial charge is 0.393 e. The first-order chi connectivity index (χ1) is 9.71. The molecule has 4 nitrogen and oxygen atoms in total. The van der Waals surface area contributed by atoms with E-state index in [-0.39, 0.29) is 17.5 Å². The number of hydrogen-bond donors (Lipinski definition) is 2. The predicted octanol–water partition coefficient (Wildman–Crippen LogP) is 3.19. The third-order valence-corrected chi connectivity index (χ3v) is 3.50. The molecule has 1 rings (SSSR count). The van der Waals surface area contributed by atoms with Gasteiger partial charge in [-0.25, -0.2) is 4.79 Å². The summed E-state index contributed by atoms with van der Waals surface area (Å²) in [7, 11) is 1.75. The van der Waals surface area contributed by atoms with E-state index < -0.39 is 6.10 Å². The fourth-order valence-electron chi connectivity index (χ4n) is 2.16. The second kappa shape index (κ2) is 7.46. The lowest BCUT2D eigenvalue weighted by Crippen LogP contribution is -2.44. The summed E-state index contributed by atoms with van der Waals surface area (Å²) < 4.78 is 0. The molecule has 0 aliphatic heterocycles. The van der Waals surface area contributed by atoms with Crippen molar-refractivity contribution in [1.29, 1.82) is 0 Å². The minimum Gasteiger partial charge on any atom is -0.393 e. The van der Waals surface area contributed by atoms with Crippen LogP contribution in [0, 0.1) is 5.41 Å². The molecule has 2 N–H and O–H groups in total. The molecule has 2 atom stereocenters. The number of aliphatic hydroxyl groups excluding tert-OH is 1. The van der Waals surface area contributed by atoms with Crippen LogP contribution < -0.4 is 5.32 Å². The van der Waals surface area contributed by atoms with Gasteiger partial charge in [-0.05, 0) is 24.3 Å². The van der Waals surface area contributed by atoms with E-state index in [0.29, 0.717) is 13.0 Å². The second-order valence-electron chi connectivity index (χ2n) is 6.72. The first kappa shape index (κ1) is 17.5. The van der Waals surface area contributed by atoms with Crippen LogP contribution in [0.3, 0.4) is 0 Å². The fourth-order valence-corrected chi connectivity index (χ4v) is 2.16. The van der Waals surface area contributed by atoms with Gasteiger partial charge in [-0.3, -0.25) is 0 Å². The van der Waals surface area contributed by atoms with Crippen molar-refractivity contribution in [3.8, 4) is 0 Å². The molecule has 21 heavy (non-hydrogen) atoms. The zero-order chi connectivity index (χ0) is 16.0. The quantitative estimate of drug-likeness (QED) is 0.875. The molecule has 0 heterocycles. The highest BCUT2D eigenvalue weighted by molar-refractivity contribution is 5.74. The number of carbonyl (C=O) groups is 1. The molecular formula is C17H28N2O2. The zero-order valence-corrected chi connectivity index (χ0v) is 13.8. The number of aliphatic hydroxyl groups is 1. The maximum atomic E-state index is 12.3. The molecule has 0 radical (unpaired) electrons. The number of urea groups is 1. The molecule has 1 aromatic rings. The van der Waals surface area contributed by atoms with Crippen molar-refractivity contribution in [3.05, 3.63) is 35.9 Å². The third-order valence-electron chi connectivity index (χ3n) is 3.50. The number of nitrogens with zero attached hydrogens (tertiary/aromatic N) is 1. The number of rotatable bonds is 5. The molecule has 0 saturated heterocycles. The number of hydrogen-bond acceptors (Lipinski definition) is 2. The van der Waals surface area contributed by atoms with Gasteiger partial charge in [0.15, 0.2) is 0 Å². The first-order valence-electron chi connectivity index (χ1n) is 7.46. The Morgan fingerprint density at radius 1 is 1.29 bits per heavy atom. The van der Waals surface area contributed by atoms with E-state index in [4.69, 9.17) is 0 Å². The van der Waals surface area contributed by atoms with Crippen LogP contribution in [0.2, 0.25) is 0 Å². The Hall–Kier alpha value is -1.55. The zero-order valence-electron chi connectivity index (χ0n) is 13.8. The van der Waals surface area contributed by atoms with Crippen molar-refractivity contribution in [2.75, 3.05) is 13.6 Å². The molecule has 1 aromatic carbocycles. The maximum Gasteiger partial charge on any atom is 0.317 e. The number of benzene rings is 1. The van der Waals surface area contributed by atoms with Crippen LogP contribution >= 0.6 is 0 Å². The van der Waals surface area contributed by atoms with Crippen LogP contribution in [-0.4, -0.2) is 35.7 Å². The highest BCUT2D eigenvalue weighted by atomic mass is 16.3. The van der Waals surface area contributed by atoms with Gasteiger partial charge in [0.25, 0.3) is 0 Å². The van der Waals surface area contributed by atoms with E-state index in [0.717, 1.165) is 5.56 Å². The Morgan fingerprint density at radius 2 is 1.86 bits per heavy atom. The van der Waals surface area contributed by atoms with Crippen molar-refractivity contribution in [1.82, 2.24) is 10.2 Å². The third kappa shape index (κ3) is 5.76. The summed E-state index contributed by atoms with van der Waals surface area (Å²) in [4.78, 5) is 13.9. The van der Waals surface area contributed by atoms with E-state index in [2.05, 4.69) is 26.1 Å². The Morgan fingerprint density at radius 3 is 2.33 bits per heavy atom. The second-order valence-corrected chi connectivity index (χ2v) is 6.72. The van der Waals surface area contributed by atoms with Crippen molar-refractivity contribution in [2.45, 2.75) is 46.3 Å². The van der Waals surface area contributed by atoms with E-state index >= 15 is 0 Å². The summed E-state index contributed by atoms with van der Waals surface area (Å²) in [5.41, 5.74) is 1.02. The van der Waals surface area contributed by atoms with Crippen LogP contribution in [0.1, 0.15) is 45.7 Å². The van der Waals surface area contributed by atoms with Crippen molar-refractivity contribution < 1.29 is 9.90 Å². The van der Waals surface area contributed by atoms with Crippen LogP contribution in [0.25, 0.3) is 0 Å². The number of amides is 2. The van der Waals surface area contributed by atoms with Gasteiger partial charge in [0.2, 0.25) is 0 Å². The summed E-state index contributed by atoms with van der Waals surface area (Å²) in [6.45, 7) is 8.60. The SMILES string of the molecule is CC(O)CCN(C)C(=O)NC(c1ccccc1)C(C)(C)C. The predicted molar refractivity (Wildman–Crippen MR) is 86.1 cm³/mol. The Balaban J connectivity index is 2.76. The topological polar surface area (TPSA) is 52.6 Å². The molecule has 2 unspecified atom stereocenters. The smallest absolute Gasteiger partial charge is 0.317 e. The Kier molecular flexibility index (Phi) is 6.21. The summed E-state index contributed by atoms with van der Waals surface area (Å²) >= 11 is 0. The molecule has 0 aliphatic carbocycles. The molecule has 0 aromatic heterocycles. The van der Waals surface area contributed by atoms with E-state index in [1.54, 1.807) is 18.9 Å². The van der Waals surface area contributed by atoms with Crippen LogP contribution in [-0.2, 0) is 0 Å². The van der Waals surface area contributed by atoms with Gasteiger partial charge < -0.3 is 15.3 Å². The Bertz CT molecular complexity index is 438. The van der Waals surface area contributed by atoms with Crippen molar-refractivity contribution in [2.24, 2.45) is 5.41 Å². The first-order valence-corrected chi connectivity index (χ1v) is 7.46. The summed E-state index contributed by atoms with van der Waals surface area (Å²) in [6, 6.07) is 9.84. The van der Waals surface area contributed by atoms with Gasteiger partial charge in [0.05, 0.1) is 12.1 Å². The molecule has 0 saturated carbocycles. The molecule has 4 heteroatoms. The normalized spacial score (nSPS) is 14.4.